The van der Waals surface area contributed by atoms with Crippen molar-refractivity contribution < 1.29 is 45.1 Å². The molecule has 0 saturated carbocycles. The van der Waals surface area contributed by atoms with Crippen LogP contribution < -0.4 is 0 Å². The smallest absolute Gasteiger partial charge is 0.336 e. The zero-order chi connectivity index (χ0) is 17.2. The molecule has 0 saturated heterocycles. The summed E-state index contributed by atoms with van der Waals surface area (Å²) in [5.74, 6) is -6.07. The topological polar surface area (TPSA) is 181 Å². The van der Waals surface area contributed by atoms with Crippen LogP contribution in [0.5, 0.6) is 0 Å². The minimum Gasteiger partial charge on any atom is -0.478 e. The summed E-state index contributed by atoms with van der Waals surface area (Å²) in [7, 11) is 0. The Morgan fingerprint density at radius 1 is 0.652 bits per heavy atom. The van der Waals surface area contributed by atoms with Gasteiger partial charge in [-0.05, 0) is 37.1 Å². The van der Waals surface area contributed by atoms with Crippen LogP contribution in [-0.2, 0) is 19.2 Å². The normalized spacial score (nSPS) is 25.7. The number of aliphatic carboxylic acids is 4. The van der Waals surface area contributed by atoms with Crippen LogP contribution in [0.1, 0.15) is 13.8 Å². The fraction of sp³-hybridized carbons (Fsp3) is 0.143. The van der Waals surface area contributed by atoms with Crippen LogP contribution >= 0.6 is 0 Å². The van der Waals surface area contributed by atoms with E-state index < -0.39 is 46.2 Å². The van der Waals surface area contributed by atoms with Crippen LogP contribution in [0.25, 0.3) is 0 Å². The summed E-state index contributed by atoms with van der Waals surface area (Å²) in [6.07, 6.45) is 1.52. The SMILES string of the molecule is CC1=C(C(=O)O)/C=C(C(=O)O)\C(C)=C(C(=O)O)/C=C\1C(=O)O.O. The standard InChI is InChI=1S/C14H12O8.H2O/c1-5-7(11(15)16)3-9(13(19)20)6(2)10(14(21)22)4-8(5)12(17)18;/h3-4H,1-2H3,(H,15,16)(H,17,18)(H,19,20)(H,21,22);1H2/b7-3+,7-5?,8-4?,8-5+,9-3?,9-6+,10-4+,10-6?;. The molecule has 0 bridgehead atoms. The van der Waals surface area contributed by atoms with Gasteiger partial charge in [-0.25, -0.2) is 19.2 Å². The van der Waals surface area contributed by atoms with Crippen molar-refractivity contribution in [3.63, 3.8) is 0 Å². The van der Waals surface area contributed by atoms with Gasteiger partial charge in [0.2, 0.25) is 0 Å². The number of carbonyl (C=O) groups is 4. The Morgan fingerprint density at radius 3 is 1.09 bits per heavy atom. The van der Waals surface area contributed by atoms with Crippen LogP contribution in [0, 0.1) is 0 Å². The molecule has 1 rings (SSSR count). The molecule has 6 N–H and O–H groups in total. The molecule has 0 aromatic carbocycles. The molecule has 0 amide bonds. The Balaban J connectivity index is 0.00000484. The maximum Gasteiger partial charge on any atom is 0.336 e. The highest BCUT2D eigenvalue weighted by molar-refractivity contribution is 6.06. The number of carboxylic acid groups (broad SMARTS) is 4. The second-order valence-corrected chi connectivity index (χ2v) is 4.41. The van der Waals surface area contributed by atoms with Crippen LogP contribution in [0.3, 0.4) is 0 Å². The Morgan fingerprint density at radius 2 is 0.913 bits per heavy atom. The molecular formula is C14H14O9. The summed E-state index contributed by atoms with van der Waals surface area (Å²) in [5, 5.41) is 36.6. The Kier molecular flexibility index (Phi) is 6.18. The van der Waals surface area contributed by atoms with Crippen molar-refractivity contribution in [2.24, 2.45) is 0 Å². The Bertz CT molecular complexity index is 655. The predicted octanol–water partition coefficient (Wildman–Crippen LogP) is -0.000500. The van der Waals surface area contributed by atoms with Crippen LogP contribution in [0.15, 0.2) is 45.6 Å². The summed E-state index contributed by atoms with van der Waals surface area (Å²) in [6, 6.07) is 0. The van der Waals surface area contributed by atoms with Gasteiger partial charge in [0.25, 0.3) is 0 Å². The van der Waals surface area contributed by atoms with E-state index in [9.17, 15) is 19.2 Å². The first-order valence-electron chi connectivity index (χ1n) is 5.87. The molecule has 0 spiro atoms. The van der Waals surface area contributed by atoms with Gasteiger partial charge in [0, 0.05) is 0 Å². The number of carboxylic acids is 4. The first-order chi connectivity index (χ1) is 10.1. The van der Waals surface area contributed by atoms with E-state index in [1.54, 1.807) is 0 Å². The molecule has 0 atom stereocenters. The second-order valence-electron chi connectivity index (χ2n) is 4.41. The van der Waals surface area contributed by atoms with Gasteiger partial charge in [-0.1, -0.05) is 0 Å². The molecule has 0 heterocycles. The lowest BCUT2D eigenvalue weighted by atomic mass is 9.90. The van der Waals surface area contributed by atoms with E-state index in [1.807, 2.05) is 0 Å². The van der Waals surface area contributed by atoms with Crippen molar-refractivity contribution in [3.8, 4) is 0 Å². The fourth-order valence-electron chi connectivity index (χ4n) is 1.90. The van der Waals surface area contributed by atoms with E-state index in [4.69, 9.17) is 20.4 Å². The highest BCUT2D eigenvalue weighted by Crippen LogP contribution is 2.27. The van der Waals surface area contributed by atoms with E-state index in [2.05, 4.69) is 0 Å². The minimum absolute atomic E-state index is 0. The summed E-state index contributed by atoms with van der Waals surface area (Å²) < 4.78 is 0. The van der Waals surface area contributed by atoms with Crippen molar-refractivity contribution in [2.75, 3.05) is 0 Å². The van der Waals surface area contributed by atoms with Crippen LogP contribution in [0.4, 0.5) is 0 Å². The summed E-state index contributed by atoms with van der Waals surface area (Å²) in [4.78, 5) is 45.0. The summed E-state index contributed by atoms with van der Waals surface area (Å²) in [6.45, 7) is 2.33. The zero-order valence-corrected chi connectivity index (χ0v) is 12.1. The first-order valence-corrected chi connectivity index (χ1v) is 5.87. The molecule has 9 heteroatoms. The van der Waals surface area contributed by atoms with Gasteiger partial charge in [0.1, 0.15) is 0 Å². The monoisotopic (exact) mass is 326 g/mol. The fourth-order valence-corrected chi connectivity index (χ4v) is 1.90. The zero-order valence-electron chi connectivity index (χ0n) is 12.1. The van der Waals surface area contributed by atoms with Crippen molar-refractivity contribution in [1.29, 1.82) is 0 Å². The lowest BCUT2D eigenvalue weighted by molar-refractivity contribution is -0.133. The van der Waals surface area contributed by atoms with E-state index in [0.29, 0.717) is 0 Å². The molecule has 0 aromatic rings. The molecule has 9 nitrogen and oxygen atoms in total. The third-order valence-corrected chi connectivity index (χ3v) is 3.12. The highest BCUT2D eigenvalue weighted by atomic mass is 16.4. The molecule has 1 aliphatic rings. The van der Waals surface area contributed by atoms with Crippen molar-refractivity contribution >= 4 is 23.9 Å². The molecule has 0 fully saturated rings. The quantitative estimate of drug-likeness (QED) is 0.556. The van der Waals surface area contributed by atoms with Gasteiger partial charge in [0.05, 0.1) is 22.3 Å². The summed E-state index contributed by atoms with van der Waals surface area (Å²) >= 11 is 0. The van der Waals surface area contributed by atoms with E-state index in [0.717, 1.165) is 12.2 Å². The van der Waals surface area contributed by atoms with E-state index >= 15 is 0 Å². The molecule has 0 aliphatic heterocycles. The highest BCUT2D eigenvalue weighted by Gasteiger charge is 2.26. The van der Waals surface area contributed by atoms with Gasteiger partial charge >= 0.3 is 23.9 Å². The molecule has 23 heavy (non-hydrogen) atoms. The van der Waals surface area contributed by atoms with Crippen LogP contribution in [-0.4, -0.2) is 49.8 Å². The Hall–Kier alpha value is -3.20. The molecule has 124 valence electrons. The third kappa shape index (κ3) is 3.92. The van der Waals surface area contributed by atoms with E-state index in [-0.39, 0.29) is 16.6 Å². The molecule has 0 radical (unpaired) electrons. The second kappa shape index (κ2) is 7.18. The van der Waals surface area contributed by atoms with Crippen LogP contribution in [0.2, 0.25) is 0 Å². The predicted molar refractivity (Wildman–Crippen MR) is 75.7 cm³/mol. The average molecular weight is 326 g/mol. The van der Waals surface area contributed by atoms with Crippen molar-refractivity contribution in [2.45, 2.75) is 13.8 Å². The maximum absolute atomic E-state index is 11.2. The molecule has 0 unspecified atom stereocenters. The van der Waals surface area contributed by atoms with Gasteiger partial charge in [-0.3, -0.25) is 0 Å². The minimum atomic E-state index is -1.52. The Labute approximate surface area is 129 Å². The third-order valence-electron chi connectivity index (χ3n) is 3.12. The van der Waals surface area contributed by atoms with Gasteiger partial charge in [-0.2, -0.15) is 0 Å². The number of hydrogen-bond donors (Lipinski definition) is 4. The average Bonchev–Trinajstić information content (AvgIpc) is 2.35. The largest absolute Gasteiger partial charge is 0.478 e. The lowest BCUT2D eigenvalue weighted by Crippen LogP contribution is -2.16. The molecular weight excluding hydrogens is 312 g/mol. The number of rotatable bonds is 4. The number of hydrogen-bond acceptors (Lipinski definition) is 4. The van der Waals surface area contributed by atoms with Crippen molar-refractivity contribution in [3.05, 3.63) is 45.6 Å². The lowest BCUT2D eigenvalue weighted by Gasteiger charge is -2.14. The van der Waals surface area contributed by atoms with E-state index in [1.165, 1.54) is 13.8 Å². The molecule has 1 aliphatic carbocycles. The molecule has 0 aromatic heterocycles. The maximum atomic E-state index is 11.2. The van der Waals surface area contributed by atoms with Gasteiger partial charge in [0.15, 0.2) is 0 Å². The van der Waals surface area contributed by atoms with Gasteiger partial charge in [-0.15, -0.1) is 0 Å². The van der Waals surface area contributed by atoms with Gasteiger partial charge < -0.3 is 25.9 Å². The first kappa shape index (κ1) is 19.8. The van der Waals surface area contributed by atoms with Crippen molar-refractivity contribution in [1.82, 2.24) is 0 Å². The summed E-state index contributed by atoms with van der Waals surface area (Å²) in [5.41, 5.74) is -2.62.